The lowest BCUT2D eigenvalue weighted by Gasteiger charge is -2.29. The Morgan fingerprint density at radius 2 is 1.08 bits per heavy atom. The molecule has 0 spiro atoms. The van der Waals surface area contributed by atoms with Crippen molar-refractivity contribution < 1.29 is 14.6 Å². The Kier molecular flexibility index (Phi) is 4.32. The van der Waals surface area contributed by atoms with E-state index in [1.807, 2.05) is 54.6 Å². The average Bonchev–Trinajstić information content (AvgIpc) is 3.03. The van der Waals surface area contributed by atoms with Gasteiger partial charge in [0, 0.05) is 6.08 Å². The van der Waals surface area contributed by atoms with E-state index in [1.165, 1.54) is 0 Å². The first-order valence-corrected chi connectivity index (χ1v) is 10.3. The Balaban J connectivity index is 2.09. The maximum atomic E-state index is 12.7. The molecule has 4 rings (SSSR count). The highest BCUT2D eigenvalue weighted by atomic mass is 31.2. The highest BCUT2D eigenvalue weighted by Gasteiger charge is 2.58. The molecule has 0 aromatic heterocycles. The molecule has 128 valence electrons. The smallest absolute Gasteiger partial charge is 0.360 e. The Hall–Kier alpha value is -2.90. The van der Waals surface area contributed by atoms with Crippen LogP contribution in [-0.4, -0.2) is 16.7 Å². The summed E-state index contributed by atoms with van der Waals surface area (Å²) in [5, 5.41) is 13.1. The molecular weight excluding hydrogens is 343 g/mol. The summed E-state index contributed by atoms with van der Waals surface area (Å²) < 4.78 is 5.05. The fraction of sp³-hybridized carbons (Fsp3) is 0.0455. The summed E-state index contributed by atoms with van der Waals surface area (Å²) in [5.74, 6) is -0.723. The van der Waals surface area contributed by atoms with Gasteiger partial charge in [0.15, 0.2) is 0 Å². The second-order valence-electron chi connectivity index (χ2n) is 6.10. The predicted molar refractivity (Wildman–Crippen MR) is 106 cm³/mol. The number of hydrogen-bond donors (Lipinski definition) is 1. The van der Waals surface area contributed by atoms with Gasteiger partial charge in [-0.3, -0.25) is 0 Å². The third kappa shape index (κ3) is 2.61. The van der Waals surface area contributed by atoms with E-state index in [0.29, 0.717) is 0 Å². The molecule has 3 nitrogen and oxygen atoms in total. The van der Waals surface area contributed by atoms with Gasteiger partial charge in [-0.1, -0.05) is 54.6 Å². The molecule has 1 aliphatic rings. The van der Waals surface area contributed by atoms with Crippen molar-refractivity contribution in [1.29, 1.82) is 0 Å². The fourth-order valence-corrected chi connectivity index (χ4v) is 8.09. The number of ether oxygens (including phenoxy) is 1. The van der Waals surface area contributed by atoms with Crippen LogP contribution in [0.3, 0.4) is 0 Å². The van der Waals surface area contributed by atoms with Gasteiger partial charge in [-0.25, -0.2) is 4.79 Å². The van der Waals surface area contributed by atoms with Crippen LogP contribution in [0.5, 0.6) is 0 Å². The summed E-state index contributed by atoms with van der Waals surface area (Å²) in [6, 6.07) is 30.2. The lowest BCUT2D eigenvalue weighted by molar-refractivity contribution is -0.139. The van der Waals surface area contributed by atoms with Crippen molar-refractivity contribution in [3.63, 3.8) is 0 Å². The van der Waals surface area contributed by atoms with Crippen molar-refractivity contribution >= 4 is 29.1 Å². The second-order valence-corrected chi connectivity index (χ2v) is 9.65. The van der Waals surface area contributed by atoms with E-state index in [9.17, 15) is 9.90 Å². The molecule has 3 aromatic rings. The molecule has 0 saturated heterocycles. The van der Waals surface area contributed by atoms with E-state index in [1.54, 1.807) is 6.08 Å². The van der Waals surface area contributed by atoms with Gasteiger partial charge in [-0.15, -0.1) is 0 Å². The molecule has 0 fully saturated rings. The zero-order chi connectivity index (χ0) is 18.0. The van der Waals surface area contributed by atoms with Crippen LogP contribution in [0, 0.1) is 0 Å². The normalized spacial score (nSPS) is 16.8. The minimum Gasteiger partial charge on any atom is -0.481 e. The summed E-state index contributed by atoms with van der Waals surface area (Å²) >= 11 is 0. The summed E-state index contributed by atoms with van der Waals surface area (Å²) in [5.41, 5.74) is -0.560. The SMILES string of the molecule is O=C1OC(O)=C[C@@H]1[P+](c1ccccc1)(c1ccccc1)c1ccccc1. The van der Waals surface area contributed by atoms with Crippen LogP contribution in [0.15, 0.2) is 103 Å². The molecule has 1 atom stereocenters. The maximum absolute atomic E-state index is 12.7. The van der Waals surface area contributed by atoms with Crippen LogP contribution in [0.25, 0.3) is 0 Å². The van der Waals surface area contributed by atoms with Crippen LogP contribution in [0.1, 0.15) is 0 Å². The number of benzene rings is 3. The summed E-state index contributed by atoms with van der Waals surface area (Å²) in [6.07, 6.45) is 1.56. The van der Waals surface area contributed by atoms with Crippen LogP contribution in [0.4, 0.5) is 0 Å². The van der Waals surface area contributed by atoms with Gasteiger partial charge in [0.1, 0.15) is 23.2 Å². The van der Waals surface area contributed by atoms with Crippen LogP contribution in [0.2, 0.25) is 0 Å². The van der Waals surface area contributed by atoms with E-state index in [0.717, 1.165) is 15.9 Å². The molecule has 0 aliphatic carbocycles. The molecule has 3 aromatic carbocycles. The molecule has 0 amide bonds. The predicted octanol–water partition coefficient (Wildman–Crippen LogP) is 3.31. The monoisotopic (exact) mass is 361 g/mol. The molecule has 0 unspecified atom stereocenters. The quantitative estimate of drug-likeness (QED) is 0.573. The summed E-state index contributed by atoms with van der Waals surface area (Å²) in [7, 11) is -2.41. The molecule has 26 heavy (non-hydrogen) atoms. The number of esters is 1. The number of carbonyl (C=O) groups excluding carboxylic acids is 1. The lowest BCUT2D eigenvalue weighted by Crippen LogP contribution is -2.40. The summed E-state index contributed by atoms with van der Waals surface area (Å²) in [6.45, 7) is 0. The first-order valence-electron chi connectivity index (χ1n) is 8.41. The van der Waals surface area contributed by atoms with Gasteiger partial charge >= 0.3 is 5.97 Å². The molecule has 0 radical (unpaired) electrons. The minimum absolute atomic E-state index is 0.313. The largest absolute Gasteiger partial charge is 0.481 e. The summed E-state index contributed by atoms with van der Waals surface area (Å²) in [4.78, 5) is 12.7. The van der Waals surface area contributed by atoms with Gasteiger partial charge in [0.05, 0.1) is 0 Å². The standard InChI is InChI=1S/C22H17O3P/c23-21-16-20(22(24)25-21)26(17-10-4-1-5-11-17,18-12-6-2-7-13-18)19-14-8-3-9-15-19/h1-16,20H/p+1/t20-/m0/s1. The lowest BCUT2D eigenvalue weighted by atomic mass is 10.3. The number of rotatable bonds is 4. The average molecular weight is 361 g/mol. The van der Waals surface area contributed by atoms with Gasteiger partial charge < -0.3 is 9.84 Å². The molecule has 0 bridgehead atoms. The Labute approximate surface area is 152 Å². The van der Waals surface area contributed by atoms with Crippen LogP contribution < -0.4 is 15.9 Å². The highest BCUT2D eigenvalue weighted by Crippen LogP contribution is 2.61. The zero-order valence-electron chi connectivity index (χ0n) is 14.0. The van der Waals surface area contributed by atoms with Crippen molar-refractivity contribution in [3.8, 4) is 0 Å². The molecular formula is C22H18O3P+. The highest BCUT2D eigenvalue weighted by molar-refractivity contribution is 7.97. The second kappa shape index (κ2) is 6.78. The van der Waals surface area contributed by atoms with E-state index in [4.69, 9.17) is 4.74 Å². The Bertz CT molecular complexity index is 840. The van der Waals surface area contributed by atoms with Crippen molar-refractivity contribution in [2.24, 2.45) is 0 Å². The third-order valence-electron chi connectivity index (χ3n) is 4.65. The number of carbonyl (C=O) groups is 1. The Morgan fingerprint density at radius 1 is 0.692 bits per heavy atom. The number of aliphatic hydroxyl groups is 1. The van der Waals surface area contributed by atoms with E-state index < -0.39 is 18.9 Å². The molecule has 1 N–H and O–H groups in total. The molecule has 0 saturated carbocycles. The van der Waals surface area contributed by atoms with E-state index >= 15 is 0 Å². The topological polar surface area (TPSA) is 46.5 Å². The van der Waals surface area contributed by atoms with Crippen molar-refractivity contribution in [2.45, 2.75) is 5.66 Å². The first-order chi connectivity index (χ1) is 12.7. The molecule has 4 heteroatoms. The van der Waals surface area contributed by atoms with Gasteiger partial charge in [-0.05, 0) is 36.4 Å². The first kappa shape index (κ1) is 16.6. The van der Waals surface area contributed by atoms with Gasteiger partial charge in [0.2, 0.25) is 5.66 Å². The third-order valence-corrected chi connectivity index (χ3v) is 9.19. The van der Waals surface area contributed by atoms with Crippen molar-refractivity contribution in [2.75, 3.05) is 0 Å². The van der Waals surface area contributed by atoms with E-state index in [-0.39, 0.29) is 5.95 Å². The number of hydrogen-bond acceptors (Lipinski definition) is 3. The molecule has 1 aliphatic heterocycles. The van der Waals surface area contributed by atoms with Crippen molar-refractivity contribution in [1.82, 2.24) is 0 Å². The minimum atomic E-state index is -2.41. The zero-order valence-corrected chi connectivity index (χ0v) is 14.9. The van der Waals surface area contributed by atoms with Gasteiger partial charge in [0.25, 0.3) is 5.95 Å². The number of aliphatic hydroxyl groups excluding tert-OH is 1. The van der Waals surface area contributed by atoms with Gasteiger partial charge in [-0.2, -0.15) is 0 Å². The van der Waals surface area contributed by atoms with Crippen LogP contribution in [-0.2, 0) is 9.53 Å². The van der Waals surface area contributed by atoms with E-state index in [2.05, 4.69) is 36.4 Å². The Morgan fingerprint density at radius 3 is 1.38 bits per heavy atom. The fourth-order valence-electron chi connectivity index (χ4n) is 3.59. The maximum Gasteiger partial charge on any atom is 0.360 e. The number of cyclic esters (lactones) is 1. The van der Waals surface area contributed by atoms with Crippen LogP contribution >= 0.6 is 7.26 Å². The molecule has 1 heterocycles. The van der Waals surface area contributed by atoms with Crippen molar-refractivity contribution in [3.05, 3.63) is 103 Å².